The van der Waals surface area contributed by atoms with Crippen LogP contribution < -0.4 is 0 Å². The quantitative estimate of drug-likeness (QED) is 0.503. The number of rotatable bonds is 7. The molecular formula is C19H33NO6. The van der Waals surface area contributed by atoms with Gasteiger partial charge in [0.2, 0.25) is 6.41 Å². The molecule has 2 aliphatic rings. The maximum atomic E-state index is 11.9. The van der Waals surface area contributed by atoms with E-state index in [-0.39, 0.29) is 30.6 Å². The fourth-order valence-corrected chi connectivity index (χ4v) is 3.46. The molecule has 2 fully saturated rings. The predicted octanol–water partition coefficient (Wildman–Crippen LogP) is 2.47. The Morgan fingerprint density at radius 1 is 1.08 bits per heavy atom. The van der Waals surface area contributed by atoms with E-state index in [2.05, 4.69) is 4.90 Å². The van der Waals surface area contributed by atoms with Gasteiger partial charge in [-0.25, -0.2) is 4.79 Å². The molecule has 2 rings (SSSR count). The molecule has 1 saturated carbocycles. The number of carbonyl (C=O) groups excluding carboxylic acids is 2. The molecular weight excluding hydrogens is 338 g/mol. The minimum Gasteiger partial charge on any atom is -0.469 e. The molecule has 0 amide bonds. The molecule has 1 unspecified atom stereocenters. The molecule has 7 nitrogen and oxygen atoms in total. The van der Waals surface area contributed by atoms with Gasteiger partial charge in [-0.2, -0.15) is 0 Å². The summed E-state index contributed by atoms with van der Waals surface area (Å²) < 4.78 is 22.1. The van der Waals surface area contributed by atoms with Crippen molar-refractivity contribution >= 4 is 11.9 Å². The number of ether oxygens (including phenoxy) is 4. The van der Waals surface area contributed by atoms with Crippen LogP contribution in [0.25, 0.3) is 0 Å². The first-order chi connectivity index (χ1) is 12.3. The predicted molar refractivity (Wildman–Crippen MR) is 95.2 cm³/mol. The van der Waals surface area contributed by atoms with E-state index in [0.29, 0.717) is 0 Å². The zero-order chi connectivity index (χ0) is 19.2. The van der Waals surface area contributed by atoms with Crippen LogP contribution in [-0.2, 0) is 28.5 Å². The van der Waals surface area contributed by atoms with Crippen molar-refractivity contribution in [2.75, 3.05) is 26.8 Å². The summed E-state index contributed by atoms with van der Waals surface area (Å²) in [5.41, 5.74) is -0.531. The van der Waals surface area contributed by atoms with Crippen molar-refractivity contribution < 1.29 is 28.5 Å². The van der Waals surface area contributed by atoms with Gasteiger partial charge < -0.3 is 18.9 Å². The molecule has 26 heavy (non-hydrogen) atoms. The monoisotopic (exact) mass is 371 g/mol. The Hall–Kier alpha value is -1.18. The number of hydrogen-bond donors (Lipinski definition) is 0. The Bertz CT molecular complexity index is 461. The van der Waals surface area contributed by atoms with Crippen molar-refractivity contribution in [3.05, 3.63) is 0 Å². The van der Waals surface area contributed by atoms with Gasteiger partial charge in [-0.3, -0.25) is 9.69 Å². The van der Waals surface area contributed by atoms with Crippen LogP contribution in [0.1, 0.15) is 59.3 Å². The van der Waals surface area contributed by atoms with E-state index in [1.54, 1.807) is 0 Å². The fourth-order valence-electron chi connectivity index (χ4n) is 3.46. The topological polar surface area (TPSA) is 74.3 Å². The lowest BCUT2D eigenvalue weighted by Gasteiger charge is -2.34. The van der Waals surface area contributed by atoms with Crippen LogP contribution in [-0.4, -0.2) is 61.8 Å². The average molecular weight is 371 g/mol. The smallest absolute Gasteiger partial charge is 0.332 e. The number of carbonyl (C=O) groups is 2. The first-order valence-electron chi connectivity index (χ1n) is 9.59. The molecule has 1 saturated heterocycles. The summed E-state index contributed by atoms with van der Waals surface area (Å²) in [6.07, 6.45) is 4.80. The van der Waals surface area contributed by atoms with Gasteiger partial charge in [-0.15, -0.1) is 0 Å². The zero-order valence-corrected chi connectivity index (χ0v) is 16.5. The van der Waals surface area contributed by atoms with E-state index in [0.717, 1.165) is 51.6 Å². The van der Waals surface area contributed by atoms with E-state index >= 15 is 0 Å². The van der Waals surface area contributed by atoms with Gasteiger partial charge in [0, 0.05) is 13.1 Å². The zero-order valence-electron chi connectivity index (χ0n) is 16.5. The Labute approximate surface area is 156 Å². The summed E-state index contributed by atoms with van der Waals surface area (Å²) in [5, 5.41) is 0. The van der Waals surface area contributed by atoms with Gasteiger partial charge in [-0.05, 0) is 59.3 Å². The molecule has 0 radical (unpaired) electrons. The first kappa shape index (κ1) is 21.1. The second-order valence-electron chi connectivity index (χ2n) is 8.08. The van der Waals surface area contributed by atoms with Crippen LogP contribution in [0, 0.1) is 5.92 Å². The molecule has 0 aromatic rings. The normalized spacial score (nSPS) is 25.7. The van der Waals surface area contributed by atoms with Gasteiger partial charge in [0.15, 0.2) is 0 Å². The molecule has 0 bridgehead atoms. The molecule has 0 aromatic carbocycles. The minimum atomic E-state index is -0.537. The second-order valence-corrected chi connectivity index (χ2v) is 8.08. The number of nitrogens with zero attached hydrogens (tertiary/aromatic N) is 1. The van der Waals surface area contributed by atoms with E-state index < -0.39 is 12.0 Å². The lowest BCUT2D eigenvalue weighted by Crippen LogP contribution is -2.42. The number of likely N-dealkylation sites (tertiary alicyclic amines) is 1. The third-order valence-electron chi connectivity index (χ3n) is 4.72. The highest BCUT2D eigenvalue weighted by Crippen LogP contribution is 2.29. The Morgan fingerprint density at radius 2 is 1.69 bits per heavy atom. The molecule has 0 N–H and O–H groups in total. The summed E-state index contributed by atoms with van der Waals surface area (Å²) in [6, 6.07) is 0. The standard InChI is InChI=1S/C19H33NO6/c1-19(2,3)26-16(21)13-24-18(20-11-5-6-12-20)25-15-9-7-14(8-10-15)17(22)23-4/h14-15,18H,5-13H2,1-4H3. The van der Waals surface area contributed by atoms with E-state index in [9.17, 15) is 9.59 Å². The molecule has 1 aliphatic carbocycles. The van der Waals surface area contributed by atoms with Gasteiger partial charge in [0.1, 0.15) is 12.2 Å². The van der Waals surface area contributed by atoms with E-state index in [1.807, 2.05) is 20.8 Å². The third-order valence-corrected chi connectivity index (χ3v) is 4.72. The Kier molecular flexibility index (Phi) is 7.85. The molecule has 1 heterocycles. The van der Waals surface area contributed by atoms with Gasteiger partial charge in [-0.1, -0.05) is 0 Å². The Balaban J connectivity index is 1.84. The maximum Gasteiger partial charge on any atom is 0.332 e. The number of hydrogen-bond acceptors (Lipinski definition) is 7. The molecule has 150 valence electrons. The van der Waals surface area contributed by atoms with Crippen LogP contribution in [0.2, 0.25) is 0 Å². The fraction of sp³-hybridized carbons (Fsp3) is 0.895. The lowest BCUT2D eigenvalue weighted by atomic mass is 9.87. The van der Waals surface area contributed by atoms with Crippen molar-refractivity contribution in [1.82, 2.24) is 4.90 Å². The number of methoxy groups -OCH3 is 1. The maximum absolute atomic E-state index is 11.9. The van der Waals surface area contributed by atoms with Crippen molar-refractivity contribution in [1.29, 1.82) is 0 Å². The van der Waals surface area contributed by atoms with Gasteiger partial charge in [0.25, 0.3) is 0 Å². The summed E-state index contributed by atoms with van der Waals surface area (Å²) in [4.78, 5) is 25.7. The third kappa shape index (κ3) is 6.85. The summed E-state index contributed by atoms with van der Waals surface area (Å²) in [7, 11) is 1.43. The van der Waals surface area contributed by atoms with Crippen molar-refractivity contribution in [3.63, 3.8) is 0 Å². The van der Waals surface area contributed by atoms with Crippen molar-refractivity contribution in [2.24, 2.45) is 5.92 Å². The van der Waals surface area contributed by atoms with Crippen LogP contribution in [0.3, 0.4) is 0 Å². The molecule has 1 aliphatic heterocycles. The molecule has 0 spiro atoms. The van der Waals surface area contributed by atoms with Crippen LogP contribution >= 0.6 is 0 Å². The highest BCUT2D eigenvalue weighted by molar-refractivity contribution is 5.72. The second kappa shape index (κ2) is 9.67. The largest absolute Gasteiger partial charge is 0.469 e. The average Bonchev–Trinajstić information content (AvgIpc) is 3.11. The highest BCUT2D eigenvalue weighted by atomic mass is 16.7. The number of esters is 2. The summed E-state index contributed by atoms with van der Waals surface area (Å²) in [5.74, 6) is -0.562. The van der Waals surface area contributed by atoms with E-state index in [1.165, 1.54) is 7.11 Å². The molecule has 7 heteroatoms. The van der Waals surface area contributed by atoms with E-state index in [4.69, 9.17) is 18.9 Å². The first-order valence-corrected chi connectivity index (χ1v) is 9.59. The summed E-state index contributed by atoms with van der Waals surface area (Å²) in [6.45, 7) is 7.17. The van der Waals surface area contributed by atoms with Crippen molar-refractivity contribution in [3.8, 4) is 0 Å². The van der Waals surface area contributed by atoms with Crippen LogP contribution in [0.4, 0.5) is 0 Å². The highest BCUT2D eigenvalue weighted by Gasteiger charge is 2.32. The molecule has 0 aromatic heterocycles. The Morgan fingerprint density at radius 3 is 2.23 bits per heavy atom. The minimum absolute atomic E-state index is 0.0279. The summed E-state index contributed by atoms with van der Waals surface area (Å²) >= 11 is 0. The SMILES string of the molecule is COC(=O)C1CCC(OC(OCC(=O)OC(C)(C)C)N2CCCC2)CC1. The van der Waals surface area contributed by atoms with Gasteiger partial charge in [0.05, 0.1) is 19.1 Å². The van der Waals surface area contributed by atoms with Crippen molar-refractivity contribution in [2.45, 2.75) is 77.4 Å². The van der Waals surface area contributed by atoms with Gasteiger partial charge >= 0.3 is 11.9 Å². The molecule has 1 atom stereocenters. The van der Waals surface area contributed by atoms with Crippen LogP contribution in [0.5, 0.6) is 0 Å². The van der Waals surface area contributed by atoms with Crippen LogP contribution in [0.15, 0.2) is 0 Å². The lowest BCUT2D eigenvalue weighted by molar-refractivity contribution is -0.248.